The lowest BCUT2D eigenvalue weighted by molar-refractivity contribution is 0.0738. The van der Waals surface area contributed by atoms with Crippen LogP contribution in [0.5, 0.6) is 0 Å². The lowest BCUT2D eigenvalue weighted by atomic mass is 10.2. The lowest BCUT2D eigenvalue weighted by Gasteiger charge is -2.42. The Bertz CT molecular complexity index is 440. The summed E-state index contributed by atoms with van der Waals surface area (Å²) < 4.78 is 6.79. The average Bonchev–Trinajstić information content (AvgIpc) is 2.35. The third kappa shape index (κ3) is 6.05. The number of hydrogen-bond acceptors (Lipinski definition) is 4. The molecule has 1 aromatic carbocycles. The van der Waals surface area contributed by atoms with E-state index in [-0.39, 0.29) is 20.4 Å². The summed E-state index contributed by atoms with van der Waals surface area (Å²) in [5.41, 5.74) is 1.73. The van der Waals surface area contributed by atoms with Crippen molar-refractivity contribution in [3.8, 4) is 0 Å². The third-order valence-corrected chi connectivity index (χ3v) is 5.59. The quantitative estimate of drug-likeness (QED) is 0.746. The zero-order chi connectivity index (χ0) is 16.4. The maximum absolute atomic E-state index is 6.37. The van der Waals surface area contributed by atoms with Gasteiger partial charge in [0.1, 0.15) is 10.9 Å². The van der Waals surface area contributed by atoms with Crippen LogP contribution in [0, 0.1) is 0 Å². The molecule has 0 aliphatic carbocycles. The first-order chi connectivity index (χ1) is 10.1. The summed E-state index contributed by atoms with van der Waals surface area (Å²) in [5.74, 6) is 0. The van der Waals surface area contributed by atoms with Crippen molar-refractivity contribution in [2.45, 2.75) is 61.9 Å². The molecule has 1 saturated heterocycles. The normalized spacial score (nSPS) is 23.6. The third-order valence-electron chi connectivity index (χ3n) is 3.13. The Hall–Kier alpha value is -0.320. The van der Waals surface area contributed by atoms with E-state index in [9.17, 15) is 0 Å². The number of benzene rings is 1. The standard InChI is InChI=1S/C18H29NOS2/c1-17(2,3)21-15-12-19(14-10-8-7-9-11-14)13-16(20-15)22-18(4,5)6/h7-11,15-16H,12-13H2,1-6H3/t15-,16+. The Morgan fingerprint density at radius 2 is 1.32 bits per heavy atom. The predicted octanol–water partition coefficient (Wildman–Crippen LogP) is 5.24. The Labute approximate surface area is 144 Å². The number of ether oxygens (including phenoxy) is 1. The van der Waals surface area contributed by atoms with Gasteiger partial charge in [-0.1, -0.05) is 59.7 Å². The summed E-state index contributed by atoms with van der Waals surface area (Å²) in [6.07, 6.45) is 0. The Morgan fingerprint density at radius 3 is 1.73 bits per heavy atom. The smallest absolute Gasteiger partial charge is 0.122 e. The lowest BCUT2D eigenvalue weighted by Crippen LogP contribution is -2.47. The van der Waals surface area contributed by atoms with Crippen LogP contribution in [0.4, 0.5) is 5.69 Å². The van der Waals surface area contributed by atoms with Gasteiger partial charge < -0.3 is 9.64 Å². The predicted molar refractivity (Wildman–Crippen MR) is 102 cm³/mol. The van der Waals surface area contributed by atoms with Crippen molar-refractivity contribution in [2.24, 2.45) is 0 Å². The van der Waals surface area contributed by atoms with Crippen LogP contribution in [-0.2, 0) is 4.74 Å². The van der Waals surface area contributed by atoms with Crippen molar-refractivity contribution >= 4 is 29.2 Å². The Kier molecular flexibility index (Phi) is 5.79. The molecule has 0 unspecified atom stereocenters. The van der Waals surface area contributed by atoms with Crippen molar-refractivity contribution in [3.63, 3.8) is 0 Å². The van der Waals surface area contributed by atoms with Gasteiger partial charge in [-0.05, 0) is 12.1 Å². The van der Waals surface area contributed by atoms with Crippen LogP contribution < -0.4 is 4.90 Å². The molecule has 0 amide bonds. The van der Waals surface area contributed by atoms with Crippen LogP contribution in [0.2, 0.25) is 0 Å². The van der Waals surface area contributed by atoms with Gasteiger partial charge in [0, 0.05) is 15.2 Å². The van der Waals surface area contributed by atoms with Crippen LogP contribution in [0.3, 0.4) is 0 Å². The van der Waals surface area contributed by atoms with Crippen LogP contribution in [0.25, 0.3) is 0 Å². The van der Waals surface area contributed by atoms with Crippen molar-refractivity contribution in [1.82, 2.24) is 0 Å². The maximum atomic E-state index is 6.37. The van der Waals surface area contributed by atoms with E-state index in [0.717, 1.165) is 13.1 Å². The summed E-state index contributed by atoms with van der Waals surface area (Å²) in [4.78, 5) is 2.47. The maximum Gasteiger partial charge on any atom is 0.122 e. The summed E-state index contributed by atoms with van der Waals surface area (Å²) in [7, 11) is 0. The van der Waals surface area contributed by atoms with Gasteiger partial charge in [-0.25, -0.2) is 0 Å². The molecule has 0 bridgehead atoms. The highest BCUT2D eigenvalue weighted by molar-refractivity contribution is 8.01. The first-order valence-electron chi connectivity index (χ1n) is 7.93. The minimum absolute atomic E-state index is 0.210. The van der Waals surface area contributed by atoms with Gasteiger partial charge in [-0.15, -0.1) is 23.5 Å². The highest BCUT2D eigenvalue weighted by atomic mass is 32.2. The second-order valence-electron chi connectivity index (χ2n) is 7.70. The fourth-order valence-corrected chi connectivity index (χ4v) is 4.99. The number of rotatable bonds is 3. The molecular weight excluding hydrogens is 310 g/mol. The molecule has 1 aliphatic rings. The van der Waals surface area contributed by atoms with E-state index < -0.39 is 0 Å². The summed E-state index contributed by atoms with van der Waals surface area (Å²) in [5, 5.41) is 0. The molecule has 4 heteroatoms. The van der Waals surface area contributed by atoms with Gasteiger partial charge in [0.05, 0.1) is 13.1 Å². The SMILES string of the molecule is CC(C)(C)S[C@@H]1CN(c2ccccc2)C[C@H](SC(C)(C)C)O1. The summed E-state index contributed by atoms with van der Waals surface area (Å²) in [6, 6.07) is 10.7. The molecule has 2 rings (SSSR count). The van der Waals surface area contributed by atoms with Crippen molar-refractivity contribution < 1.29 is 4.74 Å². The van der Waals surface area contributed by atoms with E-state index in [2.05, 4.69) is 76.8 Å². The second-order valence-corrected chi connectivity index (χ2v) is 11.7. The molecule has 124 valence electrons. The molecule has 2 atom stereocenters. The largest absolute Gasteiger partial charge is 0.365 e. The molecule has 1 aliphatic heterocycles. The molecular formula is C18H29NOS2. The average molecular weight is 340 g/mol. The number of morpholine rings is 1. The zero-order valence-electron chi connectivity index (χ0n) is 14.6. The van der Waals surface area contributed by atoms with Gasteiger partial charge in [0.2, 0.25) is 0 Å². The minimum atomic E-state index is 0.210. The van der Waals surface area contributed by atoms with E-state index in [1.165, 1.54) is 5.69 Å². The molecule has 0 aromatic heterocycles. The van der Waals surface area contributed by atoms with E-state index in [1.54, 1.807) is 0 Å². The molecule has 0 spiro atoms. The zero-order valence-corrected chi connectivity index (χ0v) is 16.3. The highest BCUT2D eigenvalue weighted by Gasteiger charge is 2.33. The molecule has 2 nitrogen and oxygen atoms in total. The van der Waals surface area contributed by atoms with Crippen LogP contribution in [0.1, 0.15) is 41.5 Å². The summed E-state index contributed by atoms with van der Waals surface area (Å²) >= 11 is 3.86. The van der Waals surface area contributed by atoms with E-state index in [4.69, 9.17) is 4.74 Å². The van der Waals surface area contributed by atoms with Crippen molar-refractivity contribution in [2.75, 3.05) is 18.0 Å². The molecule has 0 saturated carbocycles. The first kappa shape index (κ1) is 18.0. The molecule has 0 N–H and O–H groups in total. The van der Waals surface area contributed by atoms with Gasteiger partial charge in [0.15, 0.2) is 0 Å². The minimum Gasteiger partial charge on any atom is -0.365 e. The van der Waals surface area contributed by atoms with Gasteiger partial charge in [0.25, 0.3) is 0 Å². The van der Waals surface area contributed by atoms with E-state index in [1.807, 2.05) is 23.5 Å². The monoisotopic (exact) mass is 339 g/mol. The van der Waals surface area contributed by atoms with Gasteiger partial charge in [-0.3, -0.25) is 0 Å². The topological polar surface area (TPSA) is 12.5 Å². The summed E-state index contributed by atoms with van der Waals surface area (Å²) in [6.45, 7) is 15.5. The number of nitrogens with zero attached hydrogens (tertiary/aromatic N) is 1. The Morgan fingerprint density at radius 1 is 0.864 bits per heavy atom. The van der Waals surface area contributed by atoms with Crippen LogP contribution in [-0.4, -0.2) is 33.5 Å². The van der Waals surface area contributed by atoms with Crippen molar-refractivity contribution in [3.05, 3.63) is 30.3 Å². The fourth-order valence-electron chi connectivity index (χ4n) is 2.46. The molecule has 22 heavy (non-hydrogen) atoms. The van der Waals surface area contributed by atoms with E-state index in [0.29, 0.717) is 0 Å². The number of para-hydroxylation sites is 1. The highest BCUT2D eigenvalue weighted by Crippen LogP contribution is 2.38. The number of thioether (sulfide) groups is 2. The fraction of sp³-hybridized carbons (Fsp3) is 0.667. The van der Waals surface area contributed by atoms with Crippen LogP contribution >= 0.6 is 23.5 Å². The van der Waals surface area contributed by atoms with Crippen molar-refractivity contribution in [1.29, 1.82) is 0 Å². The van der Waals surface area contributed by atoms with Crippen LogP contribution in [0.15, 0.2) is 30.3 Å². The first-order valence-corrected chi connectivity index (χ1v) is 9.69. The Balaban J connectivity index is 2.13. The molecule has 1 heterocycles. The molecule has 1 fully saturated rings. The molecule has 1 aromatic rings. The van der Waals surface area contributed by atoms with Gasteiger partial charge in [-0.2, -0.15) is 0 Å². The number of anilines is 1. The van der Waals surface area contributed by atoms with Gasteiger partial charge >= 0.3 is 0 Å². The van der Waals surface area contributed by atoms with E-state index >= 15 is 0 Å². The molecule has 0 radical (unpaired) electrons. The second kappa shape index (κ2) is 7.06. The number of hydrogen-bond donors (Lipinski definition) is 0.